The number of anilines is 1. The Kier molecular flexibility index (Phi) is 6.31. The number of pyridine rings is 1. The van der Waals surface area contributed by atoms with Gasteiger partial charge < -0.3 is 10.1 Å². The van der Waals surface area contributed by atoms with E-state index in [0.29, 0.717) is 28.8 Å². The molecular weight excluding hydrogens is 334 g/mol. The van der Waals surface area contributed by atoms with Gasteiger partial charge in [-0.1, -0.05) is 30.7 Å². The summed E-state index contributed by atoms with van der Waals surface area (Å²) in [6.45, 7) is 2.55. The van der Waals surface area contributed by atoms with Gasteiger partial charge in [0.15, 0.2) is 5.11 Å². The first kappa shape index (κ1) is 17.2. The Labute approximate surface area is 145 Å². The Morgan fingerprint density at radius 1 is 1.30 bits per heavy atom. The monoisotopic (exact) mass is 349 g/mol. The van der Waals surface area contributed by atoms with Crippen LogP contribution in [0.2, 0.25) is 5.15 Å². The third kappa shape index (κ3) is 5.19. The van der Waals surface area contributed by atoms with Crippen LogP contribution in [0.5, 0.6) is 5.75 Å². The Balaban J connectivity index is 2.01. The standard InChI is InChI=1S/C16H16ClN3O2S/c1-2-9-22-13-6-4-3-5-12(13)15(21)20-16(23)19-11-7-8-14(17)18-10-11/h3-8,10H,2,9H2,1H3,(H2,19,20,21,23). The number of hydrogen-bond acceptors (Lipinski definition) is 4. The van der Waals surface area contributed by atoms with Crippen molar-refractivity contribution in [2.75, 3.05) is 11.9 Å². The van der Waals surface area contributed by atoms with Crippen molar-refractivity contribution in [1.82, 2.24) is 10.3 Å². The molecule has 0 atom stereocenters. The van der Waals surface area contributed by atoms with Crippen LogP contribution >= 0.6 is 23.8 Å². The van der Waals surface area contributed by atoms with Crippen molar-refractivity contribution in [1.29, 1.82) is 0 Å². The van der Waals surface area contributed by atoms with Crippen LogP contribution in [0.3, 0.4) is 0 Å². The van der Waals surface area contributed by atoms with Gasteiger partial charge in [0.2, 0.25) is 0 Å². The lowest BCUT2D eigenvalue weighted by Gasteiger charge is -2.12. The van der Waals surface area contributed by atoms with Crippen LogP contribution in [-0.4, -0.2) is 22.6 Å². The lowest BCUT2D eigenvalue weighted by molar-refractivity contribution is 0.0973. The number of hydrogen-bond donors (Lipinski definition) is 2. The largest absolute Gasteiger partial charge is 0.493 e. The summed E-state index contributed by atoms with van der Waals surface area (Å²) in [6, 6.07) is 10.4. The van der Waals surface area contributed by atoms with Crippen LogP contribution in [0.4, 0.5) is 5.69 Å². The molecule has 0 aliphatic carbocycles. The molecule has 0 spiro atoms. The van der Waals surface area contributed by atoms with E-state index in [1.54, 1.807) is 30.3 Å². The van der Waals surface area contributed by atoms with E-state index in [1.807, 2.05) is 13.0 Å². The van der Waals surface area contributed by atoms with Gasteiger partial charge in [-0.2, -0.15) is 0 Å². The molecule has 0 saturated carbocycles. The average molecular weight is 350 g/mol. The van der Waals surface area contributed by atoms with Crippen LogP contribution in [0.15, 0.2) is 42.6 Å². The number of nitrogens with one attached hydrogen (secondary N) is 2. The molecule has 0 radical (unpaired) electrons. The van der Waals surface area contributed by atoms with E-state index in [9.17, 15) is 4.79 Å². The molecule has 1 amide bonds. The number of thiocarbonyl (C=S) groups is 1. The molecule has 1 aromatic carbocycles. The van der Waals surface area contributed by atoms with Crippen molar-refractivity contribution < 1.29 is 9.53 Å². The molecule has 2 aromatic rings. The van der Waals surface area contributed by atoms with Gasteiger partial charge >= 0.3 is 0 Å². The predicted molar refractivity (Wildman–Crippen MR) is 95.2 cm³/mol. The second kappa shape index (κ2) is 8.45. The van der Waals surface area contributed by atoms with Crippen LogP contribution in [0.25, 0.3) is 0 Å². The highest BCUT2D eigenvalue weighted by atomic mass is 35.5. The molecule has 1 aromatic heterocycles. The number of carbonyl (C=O) groups excluding carboxylic acids is 1. The highest BCUT2D eigenvalue weighted by molar-refractivity contribution is 7.80. The molecular formula is C16H16ClN3O2S. The van der Waals surface area contributed by atoms with Crippen LogP contribution in [0, 0.1) is 0 Å². The number of benzene rings is 1. The predicted octanol–water partition coefficient (Wildman–Crippen LogP) is 3.65. The van der Waals surface area contributed by atoms with Gasteiger partial charge in [-0.05, 0) is 42.9 Å². The molecule has 1 heterocycles. The maximum Gasteiger partial charge on any atom is 0.261 e. The number of para-hydroxylation sites is 1. The third-order valence-corrected chi connectivity index (χ3v) is 3.23. The van der Waals surface area contributed by atoms with E-state index >= 15 is 0 Å². The fourth-order valence-electron chi connectivity index (χ4n) is 1.77. The summed E-state index contributed by atoms with van der Waals surface area (Å²) in [5.41, 5.74) is 1.06. The van der Waals surface area contributed by atoms with E-state index in [2.05, 4.69) is 15.6 Å². The number of aromatic nitrogens is 1. The number of rotatable bonds is 5. The zero-order valence-corrected chi connectivity index (χ0v) is 14.1. The van der Waals surface area contributed by atoms with E-state index in [1.165, 1.54) is 6.20 Å². The first-order chi connectivity index (χ1) is 11.1. The Bertz CT molecular complexity index is 692. The summed E-state index contributed by atoms with van der Waals surface area (Å²) in [6.07, 6.45) is 2.39. The molecule has 7 heteroatoms. The van der Waals surface area contributed by atoms with Gasteiger partial charge in [-0.3, -0.25) is 10.1 Å². The van der Waals surface area contributed by atoms with Crippen molar-refractivity contribution in [2.24, 2.45) is 0 Å². The second-order valence-corrected chi connectivity index (χ2v) is 5.42. The molecule has 23 heavy (non-hydrogen) atoms. The van der Waals surface area contributed by atoms with Crippen molar-refractivity contribution in [3.05, 3.63) is 53.3 Å². The molecule has 0 aliphatic rings. The van der Waals surface area contributed by atoms with Crippen molar-refractivity contribution in [3.8, 4) is 5.75 Å². The van der Waals surface area contributed by atoms with Crippen molar-refractivity contribution in [2.45, 2.75) is 13.3 Å². The molecule has 0 saturated heterocycles. The molecule has 2 N–H and O–H groups in total. The molecule has 0 bridgehead atoms. The smallest absolute Gasteiger partial charge is 0.261 e. The van der Waals surface area contributed by atoms with E-state index in [0.717, 1.165) is 6.42 Å². The van der Waals surface area contributed by atoms with Crippen LogP contribution in [-0.2, 0) is 0 Å². The fourth-order valence-corrected chi connectivity index (χ4v) is 2.10. The minimum absolute atomic E-state index is 0.171. The molecule has 0 aliphatic heterocycles. The maximum absolute atomic E-state index is 12.3. The normalized spacial score (nSPS) is 10.0. The molecule has 120 valence electrons. The summed E-state index contributed by atoms with van der Waals surface area (Å²) in [4.78, 5) is 16.3. The van der Waals surface area contributed by atoms with Gasteiger partial charge in [-0.15, -0.1) is 0 Å². The first-order valence-corrected chi connectivity index (χ1v) is 7.84. The minimum Gasteiger partial charge on any atom is -0.493 e. The lowest BCUT2D eigenvalue weighted by atomic mass is 10.2. The summed E-state index contributed by atoms with van der Waals surface area (Å²) in [7, 11) is 0. The Morgan fingerprint density at radius 2 is 2.09 bits per heavy atom. The number of ether oxygens (including phenoxy) is 1. The van der Waals surface area contributed by atoms with E-state index in [4.69, 9.17) is 28.6 Å². The van der Waals surface area contributed by atoms with Gasteiger partial charge in [0, 0.05) is 0 Å². The number of carbonyl (C=O) groups is 1. The Hall–Kier alpha value is -2.18. The SMILES string of the molecule is CCCOc1ccccc1C(=O)NC(=S)Nc1ccc(Cl)nc1. The van der Waals surface area contributed by atoms with Gasteiger partial charge in [-0.25, -0.2) is 4.98 Å². The number of halogens is 1. The van der Waals surface area contributed by atoms with Crippen LogP contribution in [0.1, 0.15) is 23.7 Å². The van der Waals surface area contributed by atoms with Crippen LogP contribution < -0.4 is 15.4 Å². The molecule has 0 fully saturated rings. The number of amides is 1. The number of nitrogens with zero attached hydrogens (tertiary/aromatic N) is 1. The quantitative estimate of drug-likeness (QED) is 0.637. The average Bonchev–Trinajstić information content (AvgIpc) is 2.55. The van der Waals surface area contributed by atoms with E-state index < -0.39 is 0 Å². The maximum atomic E-state index is 12.3. The first-order valence-electron chi connectivity index (χ1n) is 7.06. The highest BCUT2D eigenvalue weighted by Crippen LogP contribution is 2.18. The molecule has 5 nitrogen and oxygen atoms in total. The van der Waals surface area contributed by atoms with E-state index in [-0.39, 0.29) is 11.0 Å². The molecule has 2 rings (SSSR count). The van der Waals surface area contributed by atoms with Gasteiger partial charge in [0.25, 0.3) is 5.91 Å². The van der Waals surface area contributed by atoms with Crippen molar-refractivity contribution >= 4 is 40.5 Å². The van der Waals surface area contributed by atoms with Crippen molar-refractivity contribution in [3.63, 3.8) is 0 Å². The zero-order valence-electron chi connectivity index (χ0n) is 12.5. The summed E-state index contributed by atoms with van der Waals surface area (Å²) >= 11 is 10.8. The summed E-state index contributed by atoms with van der Waals surface area (Å²) in [5.74, 6) is 0.193. The minimum atomic E-state index is -0.337. The second-order valence-electron chi connectivity index (χ2n) is 4.62. The summed E-state index contributed by atoms with van der Waals surface area (Å²) in [5, 5.41) is 6.04. The highest BCUT2D eigenvalue weighted by Gasteiger charge is 2.13. The fraction of sp³-hybridized carbons (Fsp3) is 0.188. The topological polar surface area (TPSA) is 63.2 Å². The summed E-state index contributed by atoms with van der Waals surface area (Å²) < 4.78 is 5.57. The van der Waals surface area contributed by atoms with Gasteiger partial charge in [0.1, 0.15) is 10.9 Å². The third-order valence-electron chi connectivity index (χ3n) is 2.81. The lowest BCUT2D eigenvalue weighted by Crippen LogP contribution is -2.34. The van der Waals surface area contributed by atoms with Gasteiger partial charge in [0.05, 0.1) is 24.1 Å². The Morgan fingerprint density at radius 3 is 2.78 bits per heavy atom. The molecule has 0 unspecified atom stereocenters. The zero-order chi connectivity index (χ0) is 16.7.